The van der Waals surface area contributed by atoms with E-state index < -0.39 is 107 Å². The lowest BCUT2D eigenvalue weighted by Gasteiger charge is -2.25. The Morgan fingerprint density at radius 1 is 0.337 bits per heavy atom. The van der Waals surface area contributed by atoms with Gasteiger partial charge in [-0.15, -0.1) is 0 Å². The van der Waals surface area contributed by atoms with Gasteiger partial charge >= 0.3 is 0 Å². The zero-order valence-corrected chi connectivity index (χ0v) is 52.7. The quantitative estimate of drug-likeness (QED) is 0.0926. The van der Waals surface area contributed by atoms with Gasteiger partial charge in [0, 0.05) is 17.2 Å². The fourth-order valence-corrected chi connectivity index (χ4v) is 14.9. The Kier molecular flexibility index (Phi) is 14.9. The zero-order chi connectivity index (χ0) is 60.1. The molecule has 0 fully saturated rings. The van der Waals surface area contributed by atoms with Crippen molar-refractivity contribution < 1.29 is 39.0 Å². The van der Waals surface area contributed by atoms with Gasteiger partial charge in [0.15, 0.2) is 0 Å². The van der Waals surface area contributed by atoms with Crippen molar-refractivity contribution in [2.75, 3.05) is 9.80 Å². The Hall–Kier alpha value is -3.94. The van der Waals surface area contributed by atoms with E-state index in [2.05, 4.69) is 9.97 Å². The van der Waals surface area contributed by atoms with Crippen LogP contribution in [0, 0.1) is 0 Å². The maximum absolute atomic E-state index is 15.0. The number of benzene rings is 6. The number of Topliss-reactive ketones (excluding diaryl/α,β-unsaturated/α-hetero) is 2. The molecule has 0 unspecified atom stereocenters. The number of imide groups is 2. The van der Waals surface area contributed by atoms with Gasteiger partial charge in [0.25, 0.3) is 23.6 Å². The number of aliphatic hydroxyl groups is 2. The van der Waals surface area contributed by atoms with E-state index in [9.17, 15) is 39.0 Å². The maximum atomic E-state index is 15.0. The molecule has 4 heterocycles. The number of aromatic nitrogens is 2. The second-order valence-corrected chi connectivity index (χ2v) is 25.0. The highest BCUT2D eigenvalue weighted by Gasteiger charge is 2.48. The number of allylic oxidation sites excluding steroid dienone is 2. The van der Waals surface area contributed by atoms with E-state index >= 15 is 0 Å². The zero-order valence-electron chi connectivity index (χ0n) is 39.1. The summed E-state index contributed by atoms with van der Waals surface area (Å²) in [4.78, 5) is 98.9. The van der Waals surface area contributed by atoms with E-state index in [4.69, 9.17) is 209 Å². The first-order valence-electron chi connectivity index (χ1n) is 22.5. The van der Waals surface area contributed by atoms with Gasteiger partial charge in [0.05, 0.1) is 180 Å². The van der Waals surface area contributed by atoms with Gasteiger partial charge in [0.2, 0.25) is 11.6 Å². The molecule has 83 heavy (non-hydrogen) atoms. The van der Waals surface area contributed by atoms with Crippen molar-refractivity contribution in [2.24, 2.45) is 0 Å². The van der Waals surface area contributed by atoms with Crippen LogP contribution in [0.5, 0.6) is 0 Å². The fraction of sp³-hybridized carbons (Fsp3) is 0.0189. The number of amides is 4. The standard InChI is InChI=1S/C53H10Cl18N4O8/c54-12-6-8(44(74-50(80)22-23(51(74)81)31(61)39(69)38(68)30(22)60)10-1-3-14(72-42(10)12)16-46(76)18-19(47(16)77)27(57)35(65)34(64)26(18)56)5-9-7-13(55)43-11(45(9)75-52(82)24-25(53(75)83)33(63)41(71)40(70)32(24)62)2-4-15(73-43)17-48(78)20-21(49(17)79)29(59)37(67)36(66)28(20)58/h1-4,6-7,76,78H,5H2. The summed E-state index contributed by atoms with van der Waals surface area (Å²) in [6, 6.07) is 7.64. The highest BCUT2D eigenvalue weighted by atomic mass is 35.5. The third-order valence-electron chi connectivity index (χ3n) is 13.9. The molecule has 0 bridgehead atoms. The SMILES string of the molecule is O=C1C(c2ccc3c(N4C(=O)c5c(Cl)c(Cl)c(Cl)c(Cl)c5C4=O)c(Cc4cc(Cl)c5nc(C6=C(O)c7c(Cl)c(Cl)c(Cl)c(Cl)c7C6=O)ccc5c4N4C(=O)c5c(Cl)c(Cl)c(Cl)c(Cl)c5C4=O)cc(Cl)c3n2)=C(O)c2c(Cl)c(Cl)c(Cl)c(Cl)c21. The number of pyridine rings is 2. The molecule has 0 atom stereocenters. The monoisotopic (exact) mass is 1460 g/mol. The summed E-state index contributed by atoms with van der Waals surface area (Å²) in [5, 5.41) is 17.1. The van der Waals surface area contributed by atoms with E-state index in [1.165, 1.54) is 36.4 Å². The number of nitrogens with zero attached hydrogens (tertiary/aromatic N) is 4. The number of fused-ring (bicyclic) bond motifs is 6. The van der Waals surface area contributed by atoms with Crippen molar-refractivity contribution in [2.45, 2.75) is 6.42 Å². The molecule has 2 aromatic heterocycles. The molecule has 6 aromatic carbocycles. The topological polar surface area (TPSA) is 175 Å². The lowest BCUT2D eigenvalue weighted by molar-refractivity contribution is 0.0911. The number of carbonyl (C=O) groups excluding carboxylic acids is 6. The summed E-state index contributed by atoms with van der Waals surface area (Å²) in [5.41, 5.74) is -5.31. The second-order valence-electron chi connectivity index (χ2n) is 18.1. The Morgan fingerprint density at radius 3 is 0.867 bits per heavy atom. The molecule has 0 radical (unpaired) electrons. The third-order valence-corrected chi connectivity index (χ3v) is 21.7. The molecule has 0 saturated carbocycles. The van der Waals surface area contributed by atoms with Gasteiger partial charge in [-0.2, -0.15) is 0 Å². The first kappa shape index (κ1) is 59.4. The maximum Gasteiger partial charge on any atom is 0.267 e. The van der Waals surface area contributed by atoms with Crippen molar-refractivity contribution in [3.05, 3.63) is 194 Å². The molecule has 0 saturated heterocycles. The Bertz CT molecular complexity index is 4370. The van der Waals surface area contributed by atoms with Crippen LogP contribution in [-0.4, -0.2) is 55.4 Å². The van der Waals surface area contributed by atoms with Gasteiger partial charge in [-0.1, -0.05) is 209 Å². The highest BCUT2D eigenvalue weighted by molar-refractivity contribution is 6.61. The summed E-state index contributed by atoms with van der Waals surface area (Å²) < 4.78 is 0. The lowest BCUT2D eigenvalue weighted by Crippen LogP contribution is -2.32. The molecule has 30 heteroatoms. The first-order valence-corrected chi connectivity index (χ1v) is 29.3. The molecule has 2 aliphatic heterocycles. The van der Waals surface area contributed by atoms with Crippen LogP contribution in [0.3, 0.4) is 0 Å². The minimum Gasteiger partial charge on any atom is -0.506 e. The van der Waals surface area contributed by atoms with Crippen LogP contribution in [0.1, 0.15) is 95.8 Å². The van der Waals surface area contributed by atoms with Crippen LogP contribution in [0.4, 0.5) is 11.4 Å². The van der Waals surface area contributed by atoms with Crippen LogP contribution in [0.25, 0.3) is 44.5 Å². The number of anilines is 2. The molecule has 12 rings (SSSR count). The average molecular weight is 1470 g/mol. The van der Waals surface area contributed by atoms with Crippen molar-refractivity contribution in [1.82, 2.24) is 9.97 Å². The normalized spacial score (nSPS) is 14.8. The third kappa shape index (κ3) is 8.24. The minimum absolute atomic E-state index is 0.0549. The average Bonchev–Trinajstić information content (AvgIpc) is 2.67. The predicted molar refractivity (Wildman–Crippen MR) is 332 cm³/mol. The van der Waals surface area contributed by atoms with Crippen LogP contribution in [0.15, 0.2) is 36.4 Å². The number of carbonyl (C=O) groups is 6. The highest BCUT2D eigenvalue weighted by Crippen LogP contribution is 2.55. The van der Waals surface area contributed by atoms with Crippen molar-refractivity contribution >= 4 is 300 Å². The van der Waals surface area contributed by atoms with Crippen molar-refractivity contribution in [3.8, 4) is 0 Å². The molecule has 2 N–H and O–H groups in total. The Labute approximate surface area is 553 Å². The van der Waals surface area contributed by atoms with Gasteiger partial charge in [-0.3, -0.25) is 28.8 Å². The summed E-state index contributed by atoms with van der Waals surface area (Å²) in [6.45, 7) is 0. The van der Waals surface area contributed by atoms with E-state index in [1.54, 1.807) is 0 Å². The van der Waals surface area contributed by atoms with Gasteiger partial charge in [0.1, 0.15) is 11.5 Å². The van der Waals surface area contributed by atoms with E-state index in [-0.39, 0.29) is 148 Å². The van der Waals surface area contributed by atoms with Gasteiger partial charge in [-0.05, 0) is 47.5 Å². The van der Waals surface area contributed by atoms with Gasteiger partial charge < -0.3 is 10.2 Å². The molecule has 8 aromatic rings. The van der Waals surface area contributed by atoms with Crippen molar-refractivity contribution in [3.63, 3.8) is 0 Å². The van der Waals surface area contributed by atoms with E-state index in [0.717, 1.165) is 0 Å². The second kappa shape index (κ2) is 20.9. The predicted octanol–water partition coefficient (Wildman–Crippen LogP) is 21.0. The number of hydrogen-bond acceptors (Lipinski definition) is 10. The number of halogens is 18. The number of aliphatic hydroxyl groups excluding tert-OH is 2. The summed E-state index contributed by atoms with van der Waals surface area (Å²) in [7, 11) is 0. The van der Waals surface area contributed by atoms with Crippen LogP contribution >= 0.6 is 209 Å². The number of hydrogen-bond donors (Lipinski definition) is 2. The van der Waals surface area contributed by atoms with E-state index in [0.29, 0.717) is 9.80 Å². The van der Waals surface area contributed by atoms with Crippen LogP contribution < -0.4 is 9.80 Å². The lowest BCUT2D eigenvalue weighted by atomic mass is 9.95. The summed E-state index contributed by atoms with van der Waals surface area (Å²) >= 11 is 118. The van der Waals surface area contributed by atoms with Crippen LogP contribution in [0.2, 0.25) is 90.4 Å². The summed E-state index contributed by atoms with van der Waals surface area (Å²) in [5.74, 6) is -7.49. The van der Waals surface area contributed by atoms with Gasteiger partial charge in [-0.25, -0.2) is 19.8 Å². The largest absolute Gasteiger partial charge is 0.506 e. The molecule has 416 valence electrons. The Balaban J connectivity index is 1.11. The molecule has 4 amide bonds. The number of ketones is 2. The first-order chi connectivity index (χ1) is 39.1. The summed E-state index contributed by atoms with van der Waals surface area (Å²) in [6.07, 6.45) is -0.553. The molecule has 12 nitrogen and oxygen atoms in total. The van der Waals surface area contributed by atoms with Crippen molar-refractivity contribution in [1.29, 1.82) is 0 Å². The molecular formula is C53H10Cl18N4O8. The molecule has 2 aliphatic carbocycles. The van der Waals surface area contributed by atoms with E-state index in [1.807, 2.05) is 0 Å². The molecule has 0 spiro atoms. The molecular weight excluding hydrogens is 1460 g/mol. The fourth-order valence-electron chi connectivity index (χ4n) is 10.3. The smallest absolute Gasteiger partial charge is 0.267 e. The Morgan fingerprint density at radius 2 is 0.590 bits per heavy atom. The molecule has 4 aliphatic rings. The number of rotatable bonds is 6. The minimum atomic E-state index is -1.09. The van der Waals surface area contributed by atoms with Crippen LogP contribution in [-0.2, 0) is 6.42 Å².